The Morgan fingerprint density at radius 1 is 1.38 bits per heavy atom. The Labute approximate surface area is 146 Å². The van der Waals surface area contributed by atoms with Crippen LogP contribution < -0.4 is 10.2 Å². The molecule has 2 amide bonds. The average molecular weight is 347 g/mol. The van der Waals surface area contributed by atoms with Crippen LogP contribution in [0.4, 0.5) is 5.13 Å². The quantitative estimate of drug-likeness (QED) is 0.861. The Balaban J connectivity index is 1.21. The number of nitrogens with one attached hydrogen (secondary N) is 1. The molecule has 2 saturated carbocycles. The number of hydrogen-bond donors (Lipinski definition) is 1. The highest BCUT2D eigenvalue weighted by molar-refractivity contribution is 7.14. The molecule has 1 N–H and O–H groups in total. The van der Waals surface area contributed by atoms with Crippen LogP contribution in [-0.4, -0.2) is 29.9 Å². The summed E-state index contributed by atoms with van der Waals surface area (Å²) in [5.74, 6) is 2.91. The number of carbonyl (C=O) groups excluding carboxylic acids is 2. The predicted molar refractivity (Wildman–Crippen MR) is 94.0 cm³/mol. The maximum absolute atomic E-state index is 12.1. The number of hydrogen-bond acceptors (Lipinski definition) is 4. The van der Waals surface area contributed by atoms with Crippen molar-refractivity contribution >= 4 is 28.3 Å². The molecule has 0 spiro atoms. The summed E-state index contributed by atoms with van der Waals surface area (Å²) in [5.41, 5.74) is 0.770. The van der Waals surface area contributed by atoms with E-state index in [1.165, 1.54) is 37.0 Å². The van der Waals surface area contributed by atoms with E-state index < -0.39 is 0 Å². The van der Waals surface area contributed by atoms with Gasteiger partial charge in [-0.2, -0.15) is 0 Å². The maximum Gasteiger partial charge on any atom is 0.228 e. The lowest BCUT2D eigenvalue weighted by Crippen LogP contribution is -2.28. The number of thiazole rings is 1. The van der Waals surface area contributed by atoms with Crippen LogP contribution in [0.15, 0.2) is 5.38 Å². The van der Waals surface area contributed by atoms with E-state index in [-0.39, 0.29) is 11.8 Å². The van der Waals surface area contributed by atoms with Gasteiger partial charge in [-0.05, 0) is 49.9 Å². The third kappa shape index (κ3) is 3.34. The van der Waals surface area contributed by atoms with Gasteiger partial charge in [-0.3, -0.25) is 14.5 Å². The van der Waals surface area contributed by atoms with Gasteiger partial charge in [-0.25, -0.2) is 4.98 Å². The van der Waals surface area contributed by atoms with Crippen molar-refractivity contribution in [1.29, 1.82) is 0 Å². The van der Waals surface area contributed by atoms with E-state index in [4.69, 9.17) is 0 Å². The molecule has 6 heteroatoms. The Morgan fingerprint density at radius 3 is 3.00 bits per heavy atom. The largest absolute Gasteiger partial charge is 0.356 e. The fourth-order valence-electron chi connectivity index (χ4n) is 4.71. The van der Waals surface area contributed by atoms with Gasteiger partial charge in [0, 0.05) is 24.9 Å². The number of rotatable bonds is 6. The van der Waals surface area contributed by atoms with Crippen LogP contribution in [0.3, 0.4) is 0 Å². The molecule has 1 aliphatic heterocycles. The zero-order valence-electron chi connectivity index (χ0n) is 14.0. The van der Waals surface area contributed by atoms with Crippen LogP contribution >= 0.6 is 11.3 Å². The second-order valence-corrected chi connectivity index (χ2v) is 8.36. The molecule has 0 unspecified atom stereocenters. The van der Waals surface area contributed by atoms with Gasteiger partial charge in [-0.1, -0.05) is 6.42 Å². The molecule has 2 heterocycles. The van der Waals surface area contributed by atoms with E-state index in [2.05, 4.69) is 10.3 Å². The van der Waals surface area contributed by atoms with Crippen molar-refractivity contribution in [2.24, 2.45) is 17.8 Å². The number of aromatic nitrogens is 1. The van der Waals surface area contributed by atoms with E-state index in [0.717, 1.165) is 54.5 Å². The van der Waals surface area contributed by atoms with Gasteiger partial charge in [0.05, 0.1) is 12.1 Å². The number of carbonyl (C=O) groups is 2. The molecule has 2 bridgehead atoms. The number of anilines is 1. The minimum absolute atomic E-state index is 0.0442. The summed E-state index contributed by atoms with van der Waals surface area (Å²) < 4.78 is 0. The Morgan fingerprint density at radius 2 is 2.29 bits per heavy atom. The Kier molecular flexibility index (Phi) is 4.57. The molecular formula is C18H25N3O2S. The summed E-state index contributed by atoms with van der Waals surface area (Å²) in [6.07, 6.45) is 8.58. The summed E-state index contributed by atoms with van der Waals surface area (Å²) in [5, 5.41) is 5.69. The van der Waals surface area contributed by atoms with Crippen LogP contribution in [0, 0.1) is 17.8 Å². The Hall–Kier alpha value is -1.43. The summed E-state index contributed by atoms with van der Waals surface area (Å²) >= 11 is 1.46. The minimum Gasteiger partial charge on any atom is -0.356 e. The summed E-state index contributed by atoms with van der Waals surface area (Å²) in [4.78, 5) is 30.1. The number of amides is 2. The van der Waals surface area contributed by atoms with Crippen molar-refractivity contribution in [3.05, 3.63) is 11.1 Å². The molecule has 3 aliphatic rings. The van der Waals surface area contributed by atoms with Crippen molar-refractivity contribution < 1.29 is 9.59 Å². The molecule has 3 atom stereocenters. The third-order valence-corrected chi connectivity index (χ3v) is 6.82. The van der Waals surface area contributed by atoms with Crippen LogP contribution in [0.5, 0.6) is 0 Å². The molecule has 1 aromatic rings. The zero-order valence-corrected chi connectivity index (χ0v) is 14.8. The van der Waals surface area contributed by atoms with Gasteiger partial charge in [0.1, 0.15) is 0 Å². The fraction of sp³-hybridized carbons (Fsp3) is 0.722. The van der Waals surface area contributed by atoms with Gasteiger partial charge in [0.15, 0.2) is 5.13 Å². The lowest BCUT2D eigenvalue weighted by molar-refractivity contribution is -0.120. The molecular weight excluding hydrogens is 322 g/mol. The van der Waals surface area contributed by atoms with E-state index in [9.17, 15) is 9.59 Å². The molecule has 1 saturated heterocycles. The van der Waals surface area contributed by atoms with Crippen LogP contribution in [-0.2, 0) is 16.0 Å². The van der Waals surface area contributed by atoms with Crippen molar-refractivity contribution in [3.63, 3.8) is 0 Å². The number of nitrogens with zero attached hydrogens (tertiary/aromatic N) is 2. The molecule has 5 nitrogen and oxygen atoms in total. The average Bonchev–Trinajstić information content (AvgIpc) is 3.31. The molecule has 2 aliphatic carbocycles. The standard InChI is InChI=1S/C18H25N3O2S/c22-16(19-6-5-14-9-12-3-4-13(14)8-12)10-15-11-24-18(20-15)21-7-1-2-17(21)23/h11-14H,1-10H2,(H,19,22)/t12-,13-,14+/m0/s1. The van der Waals surface area contributed by atoms with Crippen molar-refractivity contribution in [2.45, 2.75) is 51.4 Å². The monoisotopic (exact) mass is 347 g/mol. The normalized spacial score (nSPS) is 28.8. The number of fused-ring (bicyclic) bond motifs is 2. The van der Waals surface area contributed by atoms with Gasteiger partial charge in [0.2, 0.25) is 11.8 Å². The maximum atomic E-state index is 12.1. The molecule has 0 aromatic carbocycles. The summed E-state index contributed by atoms with van der Waals surface area (Å²) in [7, 11) is 0. The summed E-state index contributed by atoms with van der Waals surface area (Å²) in [6, 6.07) is 0. The topological polar surface area (TPSA) is 62.3 Å². The van der Waals surface area contributed by atoms with E-state index in [1.807, 2.05) is 5.38 Å². The van der Waals surface area contributed by atoms with Crippen LogP contribution in [0.2, 0.25) is 0 Å². The molecule has 0 radical (unpaired) electrons. The van der Waals surface area contributed by atoms with Crippen molar-refractivity contribution in [3.8, 4) is 0 Å². The Bertz CT molecular complexity index is 630. The van der Waals surface area contributed by atoms with Crippen molar-refractivity contribution in [2.75, 3.05) is 18.0 Å². The molecule has 1 aromatic heterocycles. The zero-order chi connectivity index (χ0) is 16.5. The lowest BCUT2D eigenvalue weighted by Gasteiger charge is -2.21. The third-order valence-electron chi connectivity index (χ3n) is 5.91. The van der Waals surface area contributed by atoms with Crippen LogP contribution in [0.25, 0.3) is 0 Å². The van der Waals surface area contributed by atoms with Gasteiger partial charge >= 0.3 is 0 Å². The summed E-state index contributed by atoms with van der Waals surface area (Å²) in [6.45, 7) is 1.54. The predicted octanol–water partition coefficient (Wildman–Crippen LogP) is 2.75. The van der Waals surface area contributed by atoms with E-state index in [0.29, 0.717) is 12.8 Å². The molecule has 4 rings (SSSR count). The van der Waals surface area contributed by atoms with Gasteiger partial charge < -0.3 is 5.32 Å². The van der Waals surface area contributed by atoms with Gasteiger partial charge in [0.25, 0.3) is 0 Å². The van der Waals surface area contributed by atoms with Crippen molar-refractivity contribution in [1.82, 2.24) is 10.3 Å². The van der Waals surface area contributed by atoms with Crippen LogP contribution in [0.1, 0.15) is 50.6 Å². The minimum atomic E-state index is 0.0442. The molecule has 130 valence electrons. The second-order valence-electron chi connectivity index (χ2n) is 7.52. The highest BCUT2D eigenvalue weighted by Crippen LogP contribution is 2.49. The van der Waals surface area contributed by atoms with E-state index >= 15 is 0 Å². The highest BCUT2D eigenvalue weighted by atomic mass is 32.1. The first-order valence-electron chi connectivity index (χ1n) is 9.20. The first-order chi connectivity index (χ1) is 11.7. The molecule has 24 heavy (non-hydrogen) atoms. The van der Waals surface area contributed by atoms with Gasteiger partial charge in [-0.15, -0.1) is 11.3 Å². The first-order valence-corrected chi connectivity index (χ1v) is 10.1. The second kappa shape index (κ2) is 6.82. The smallest absolute Gasteiger partial charge is 0.228 e. The lowest BCUT2D eigenvalue weighted by atomic mass is 9.86. The molecule has 3 fully saturated rings. The SMILES string of the molecule is O=C(Cc1csc(N2CCCC2=O)n1)NCC[C@@H]1C[C@H]2CC[C@H]1C2. The highest BCUT2D eigenvalue weighted by Gasteiger charge is 2.38. The first kappa shape index (κ1) is 16.1. The van der Waals surface area contributed by atoms with E-state index in [1.54, 1.807) is 4.90 Å². The fourth-order valence-corrected chi connectivity index (χ4v) is 5.57.